The highest BCUT2D eigenvalue weighted by Crippen LogP contribution is 2.54. The Morgan fingerprint density at radius 2 is 2.00 bits per heavy atom. The van der Waals surface area contributed by atoms with E-state index in [1.54, 1.807) is 45.0 Å². The lowest BCUT2D eigenvalue weighted by Gasteiger charge is -2.34. The summed E-state index contributed by atoms with van der Waals surface area (Å²) in [5.41, 5.74) is 0.863. The molecular formula is C22H21F2N7O. The number of halogens is 2. The molecule has 1 amide bonds. The van der Waals surface area contributed by atoms with E-state index in [2.05, 4.69) is 16.3 Å². The van der Waals surface area contributed by atoms with Crippen LogP contribution < -0.4 is 4.90 Å². The Balaban J connectivity index is 1.39. The first kappa shape index (κ1) is 19.3. The topological polar surface area (TPSA) is 92.1 Å². The third-order valence-corrected chi connectivity index (χ3v) is 7.20. The number of nitrogens with zero attached hydrogens (tertiary/aromatic N) is 7. The van der Waals surface area contributed by atoms with Gasteiger partial charge in [0.05, 0.1) is 36.4 Å². The highest BCUT2D eigenvalue weighted by Gasteiger charge is 2.61. The minimum Gasteiger partial charge on any atom is -0.293 e. The van der Waals surface area contributed by atoms with Crippen molar-refractivity contribution in [3.8, 4) is 17.3 Å². The van der Waals surface area contributed by atoms with Gasteiger partial charge in [-0.2, -0.15) is 15.5 Å². The van der Waals surface area contributed by atoms with Crippen LogP contribution in [0.2, 0.25) is 0 Å². The van der Waals surface area contributed by atoms with E-state index in [9.17, 15) is 18.8 Å². The number of alkyl halides is 2. The van der Waals surface area contributed by atoms with Crippen molar-refractivity contribution in [2.75, 3.05) is 11.4 Å². The SMILES string of the molecule is C[C@@H]1CN(c2nc(-c3cnn(C4CC(F)(F)C4)c3)cn3nccc23)C(=O)[C@]1(C#N)C1CC1. The van der Waals surface area contributed by atoms with Crippen molar-refractivity contribution in [2.24, 2.45) is 17.3 Å². The van der Waals surface area contributed by atoms with Crippen LogP contribution in [-0.2, 0) is 4.79 Å². The number of nitriles is 1. The zero-order valence-electron chi connectivity index (χ0n) is 17.4. The molecule has 10 heteroatoms. The van der Waals surface area contributed by atoms with Gasteiger partial charge in [-0.3, -0.25) is 14.4 Å². The Hall–Kier alpha value is -3.35. The Labute approximate surface area is 182 Å². The molecule has 2 atom stereocenters. The van der Waals surface area contributed by atoms with Gasteiger partial charge in [-0.25, -0.2) is 18.3 Å². The van der Waals surface area contributed by atoms with Gasteiger partial charge >= 0.3 is 0 Å². The van der Waals surface area contributed by atoms with E-state index >= 15 is 0 Å². The smallest absolute Gasteiger partial charge is 0.252 e. The number of hydrogen-bond donors (Lipinski definition) is 0. The van der Waals surface area contributed by atoms with Crippen LogP contribution in [0.3, 0.4) is 0 Å². The number of aromatic nitrogens is 5. The summed E-state index contributed by atoms with van der Waals surface area (Å²) in [5.74, 6) is -2.38. The number of rotatable bonds is 4. The molecule has 164 valence electrons. The van der Waals surface area contributed by atoms with Crippen LogP contribution in [0.1, 0.15) is 38.6 Å². The highest BCUT2D eigenvalue weighted by atomic mass is 19.3. The molecular weight excluding hydrogens is 416 g/mol. The fourth-order valence-corrected chi connectivity index (χ4v) is 5.22. The molecule has 0 radical (unpaired) electrons. The summed E-state index contributed by atoms with van der Waals surface area (Å²) < 4.78 is 29.7. The number of carbonyl (C=O) groups excluding carboxylic acids is 1. The van der Waals surface area contributed by atoms with E-state index in [0.29, 0.717) is 29.1 Å². The zero-order chi connectivity index (χ0) is 22.3. The maximum atomic E-state index is 13.5. The third kappa shape index (κ3) is 2.63. The largest absolute Gasteiger partial charge is 0.293 e. The molecule has 1 aliphatic heterocycles. The van der Waals surface area contributed by atoms with Crippen molar-refractivity contribution >= 4 is 17.2 Å². The van der Waals surface area contributed by atoms with Gasteiger partial charge in [0.25, 0.3) is 5.92 Å². The summed E-state index contributed by atoms with van der Waals surface area (Å²) >= 11 is 0. The summed E-state index contributed by atoms with van der Waals surface area (Å²) in [7, 11) is 0. The number of carbonyl (C=O) groups is 1. The van der Waals surface area contributed by atoms with Crippen LogP contribution in [0.25, 0.3) is 16.8 Å². The lowest BCUT2D eigenvalue weighted by molar-refractivity contribution is -0.124. The van der Waals surface area contributed by atoms with Crippen molar-refractivity contribution in [3.05, 3.63) is 30.9 Å². The molecule has 3 aromatic rings. The Kier molecular flexibility index (Phi) is 3.83. The van der Waals surface area contributed by atoms with Gasteiger partial charge in [0.1, 0.15) is 10.9 Å². The van der Waals surface area contributed by atoms with E-state index in [0.717, 1.165) is 12.8 Å². The second kappa shape index (κ2) is 6.34. The van der Waals surface area contributed by atoms with Crippen molar-refractivity contribution < 1.29 is 13.6 Å². The number of fused-ring (bicyclic) bond motifs is 1. The molecule has 0 bridgehead atoms. The van der Waals surface area contributed by atoms with Gasteiger partial charge in [-0.1, -0.05) is 6.92 Å². The average Bonchev–Trinajstić information content (AvgIpc) is 3.20. The predicted molar refractivity (Wildman–Crippen MR) is 110 cm³/mol. The van der Waals surface area contributed by atoms with E-state index < -0.39 is 11.3 Å². The van der Waals surface area contributed by atoms with Gasteiger partial charge in [0.15, 0.2) is 5.82 Å². The van der Waals surface area contributed by atoms with Gasteiger partial charge in [0, 0.05) is 37.1 Å². The second-order valence-electron chi connectivity index (χ2n) is 9.31. The monoisotopic (exact) mass is 437 g/mol. The molecule has 0 unspecified atom stereocenters. The Morgan fingerprint density at radius 1 is 1.22 bits per heavy atom. The average molecular weight is 437 g/mol. The van der Waals surface area contributed by atoms with Crippen LogP contribution >= 0.6 is 0 Å². The molecule has 0 aromatic carbocycles. The molecule has 3 aromatic heterocycles. The van der Waals surface area contributed by atoms with E-state index in [-0.39, 0.29) is 36.6 Å². The lowest BCUT2D eigenvalue weighted by atomic mass is 9.75. The predicted octanol–water partition coefficient (Wildman–Crippen LogP) is 3.47. The fraction of sp³-hybridized carbons (Fsp3) is 0.500. The maximum Gasteiger partial charge on any atom is 0.252 e. The van der Waals surface area contributed by atoms with Crippen LogP contribution in [0.4, 0.5) is 14.6 Å². The first-order chi connectivity index (χ1) is 15.3. The molecule has 3 aliphatic rings. The summed E-state index contributed by atoms with van der Waals surface area (Å²) in [6.07, 6.45) is 8.02. The van der Waals surface area contributed by atoms with E-state index in [1.165, 1.54) is 0 Å². The number of anilines is 1. The quantitative estimate of drug-likeness (QED) is 0.623. The molecule has 32 heavy (non-hydrogen) atoms. The number of amides is 1. The van der Waals surface area contributed by atoms with Crippen molar-refractivity contribution in [2.45, 2.75) is 44.6 Å². The van der Waals surface area contributed by atoms with Crippen LogP contribution in [-0.4, -0.2) is 42.8 Å². The Morgan fingerprint density at radius 3 is 2.69 bits per heavy atom. The molecule has 6 rings (SSSR count). The zero-order valence-corrected chi connectivity index (χ0v) is 17.4. The number of hydrogen-bond acceptors (Lipinski definition) is 5. The van der Waals surface area contributed by atoms with Gasteiger partial charge in [0.2, 0.25) is 5.91 Å². The molecule has 2 aliphatic carbocycles. The molecule has 3 fully saturated rings. The standard InChI is InChI=1S/C22H21F2N7O/c1-13-9-29(20(32)22(13,12-25)15-2-3-15)19-18-4-5-26-31(18)11-17(28-19)14-8-27-30(10-14)16-6-21(23,24)7-16/h4-5,8,10-11,13,15-16H,2-3,6-7,9H2,1H3/t13-,22+/m1/s1. The summed E-state index contributed by atoms with van der Waals surface area (Å²) in [4.78, 5) is 19.9. The highest BCUT2D eigenvalue weighted by molar-refractivity contribution is 6.04. The molecule has 1 saturated heterocycles. The van der Waals surface area contributed by atoms with Crippen molar-refractivity contribution in [1.82, 2.24) is 24.4 Å². The fourth-order valence-electron chi connectivity index (χ4n) is 5.22. The summed E-state index contributed by atoms with van der Waals surface area (Å²) in [6.45, 7) is 2.37. The van der Waals surface area contributed by atoms with Gasteiger partial charge in [-0.05, 0) is 24.8 Å². The molecule has 0 spiro atoms. The van der Waals surface area contributed by atoms with Crippen molar-refractivity contribution in [1.29, 1.82) is 5.26 Å². The molecule has 0 N–H and O–H groups in total. The summed E-state index contributed by atoms with van der Waals surface area (Å²) in [6, 6.07) is 3.80. The van der Waals surface area contributed by atoms with Crippen LogP contribution in [0.15, 0.2) is 30.9 Å². The minimum atomic E-state index is -2.63. The van der Waals surface area contributed by atoms with Crippen molar-refractivity contribution in [3.63, 3.8) is 0 Å². The van der Waals surface area contributed by atoms with E-state index in [4.69, 9.17) is 4.98 Å². The second-order valence-corrected chi connectivity index (χ2v) is 9.31. The molecule has 2 saturated carbocycles. The molecule has 8 nitrogen and oxygen atoms in total. The normalized spacial score (nSPS) is 27.6. The van der Waals surface area contributed by atoms with Gasteiger partial charge in [-0.15, -0.1) is 0 Å². The van der Waals surface area contributed by atoms with E-state index in [1.807, 2.05) is 6.92 Å². The maximum absolute atomic E-state index is 13.5. The van der Waals surface area contributed by atoms with Crippen LogP contribution in [0.5, 0.6) is 0 Å². The van der Waals surface area contributed by atoms with Gasteiger partial charge < -0.3 is 0 Å². The minimum absolute atomic E-state index is 0.1000. The summed E-state index contributed by atoms with van der Waals surface area (Å²) in [5, 5.41) is 18.5. The van der Waals surface area contributed by atoms with Crippen LogP contribution in [0, 0.1) is 28.6 Å². The first-order valence-electron chi connectivity index (χ1n) is 10.8. The Bertz CT molecular complexity index is 1280. The first-order valence-corrected chi connectivity index (χ1v) is 10.8. The molecule has 4 heterocycles. The third-order valence-electron chi connectivity index (χ3n) is 7.20. The lowest BCUT2D eigenvalue weighted by Crippen LogP contribution is -2.37.